The SMILES string of the molecule is Cc1ccc(C(C)(C)C)cc1-c1nc(CCN)oc1C. The predicted molar refractivity (Wildman–Crippen MR) is 82.9 cm³/mol. The molecule has 0 radical (unpaired) electrons. The minimum absolute atomic E-state index is 0.125. The fraction of sp³-hybridized carbons (Fsp3) is 0.471. The molecule has 0 fully saturated rings. The second-order valence-electron chi connectivity index (χ2n) is 6.33. The summed E-state index contributed by atoms with van der Waals surface area (Å²) in [6, 6.07) is 6.58. The quantitative estimate of drug-likeness (QED) is 0.925. The summed E-state index contributed by atoms with van der Waals surface area (Å²) in [7, 11) is 0. The van der Waals surface area contributed by atoms with Gasteiger partial charge in [0.1, 0.15) is 11.5 Å². The van der Waals surface area contributed by atoms with Crippen LogP contribution in [0.4, 0.5) is 0 Å². The topological polar surface area (TPSA) is 52.0 Å². The highest BCUT2D eigenvalue weighted by molar-refractivity contribution is 5.66. The number of hydrogen-bond acceptors (Lipinski definition) is 3. The van der Waals surface area contributed by atoms with Crippen LogP contribution in [0.1, 0.15) is 43.5 Å². The van der Waals surface area contributed by atoms with Crippen molar-refractivity contribution in [2.75, 3.05) is 6.54 Å². The van der Waals surface area contributed by atoms with Gasteiger partial charge in [-0.1, -0.05) is 32.9 Å². The molecule has 1 aromatic heterocycles. The van der Waals surface area contributed by atoms with Crippen molar-refractivity contribution in [1.82, 2.24) is 4.98 Å². The molecule has 2 N–H and O–H groups in total. The summed E-state index contributed by atoms with van der Waals surface area (Å²) >= 11 is 0. The maximum atomic E-state index is 5.70. The van der Waals surface area contributed by atoms with Gasteiger partial charge in [0.15, 0.2) is 5.89 Å². The fourth-order valence-electron chi connectivity index (χ4n) is 2.28. The Morgan fingerprint density at radius 2 is 1.90 bits per heavy atom. The van der Waals surface area contributed by atoms with E-state index >= 15 is 0 Å². The first-order valence-corrected chi connectivity index (χ1v) is 7.11. The lowest BCUT2D eigenvalue weighted by molar-refractivity contribution is 0.473. The van der Waals surface area contributed by atoms with Crippen LogP contribution in [0.3, 0.4) is 0 Å². The molecule has 1 heterocycles. The van der Waals surface area contributed by atoms with Crippen molar-refractivity contribution in [2.24, 2.45) is 5.73 Å². The molecule has 0 aliphatic carbocycles. The second-order valence-corrected chi connectivity index (χ2v) is 6.33. The van der Waals surface area contributed by atoms with E-state index < -0.39 is 0 Å². The summed E-state index contributed by atoms with van der Waals surface area (Å²) in [4.78, 5) is 4.61. The Morgan fingerprint density at radius 3 is 2.50 bits per heavy atom. The Bertz CT molecular complexity index is 606. The monoisotopic (exact) mass is 272 g/mol. The zero-order valence-corrected chi connectivity index (χ0v) is 13.1. The molecule has 3 heteroatoms. The molecule has 0 saturated carbocycles. The van der Waals surface area contributed by atoms with Crippen molar-refractivity contribution in [3.8, 4) is 11.3 Å². The van der Waals surface area contributed by atoms with Gasteiger partial charge in [-0.2, -0.15) is 0 Å². The van der Waals surface area contributed by atoms with Crippen LogP contribution >= 0.6 is 0 Å². The molecule has 0 spiro atoms. The zero-order valence-electron chi connectivity index (χ0n) is 13.1. The Balaban J connectivity index is 2.51. The molecule has 1 aromatic carbocycles. The van der Waals surface area contributed by atoms with Crippen LogP contribution in [0.25, 0.3) is 11.3 Å². The smallest absolute Gasteiger partial charge is 0.196 e. The van der Waals surface area contributed by atoms with Crippen LogP contribution in [0.2, 0.25) is 0 Å². The molecule has 2 aromatic rings. The van der Waals surface area contributed by atoms with Crippen molar-refractivity contribution in [3.05, 3.63) is 41.0 Å². The maximum Gasteiger partial charge on any atom is 0.196 e. The normalized spacial score (nSPS) is 11.9. The number of rotatable bonds is 3. The van der Waals surface area contributed by atoms with E-state index in [1.165, 1.54) is 11.1 Å². The van der Waals surface area contributed by atoms with E-state index in [4.69, 9.17) is 10.2 Å². The van der Waals surface area contributed by atoms with Gasteiger partial charge >= 0.3 is 0 Å². The minimum atomic E-state index is 0.125. The molecule has 108 valence electrons. The molecular weight excluding hydrogens is 248 g/mol. The van der Waals surface area contributed by atoms with Gasteiger partial charge in [-0.05, 0) is 36.5 Å². The number of hydrogen-bond donors (Lipinski definition) is 1. The van der Waals surface area contributed by atoms with Gasteiger partial charge in [0.25, 0.3) is 0 Å². The fourth-order valence-corrected chi connectivity index (χ4v) is 2.28. The van der Waals surface area contributed by atoms with Crippen molar-refractivity contribution in [2.45, 2.75) is 46.5 Å². The van der Waals surface area contributed by atoms with Crippen LogP contribution < -0.4 is 5.73 Å². The van der Waals surface area contributed by atoms with E-state index in [1.54, 1.807) is 0 Å². The highest BCUT2D eigenvalue weighted by atomic mass is 16.4. The summed E-state index contributed by atoms with van der Waals surface area (Å²) in [5.74, 6) is 1.59. The van der Waals surface area contributed by atoms with Crippen molar-refractivity contribution in [3.63, 3.8) is 0 Å². The lowest BCUT2D eigenvalue weighted by atomic mass is 9.85. The molecule has 2 rings (SSSR count). The molecule has 20 heavy (non-hydrogen) atoms. The van der Waals surface area contributed by atoms with E-state index in [1.807, 2.05) is 6.92 Å². The van der Waals surface area contributed by atoms with Crippen molar-refractivity contribution < 1.29 is 4.42 Å². The Kier molecular flexibility index (Phi) is 4.00. The van der Waals surface area contributed by atoms with Gasteiger partial charge in [0, 0.05) is 18.5 Å². The zero-order chi connectivity index (χ0) is 14.9. The third-order valence-electron chi connectivity index (χ3n) is 3.56. The third-order valence-corrected chi connectivity index (χ3v) is 3.56. The highest BCUT2D eigenvalue weighted by Crippen LogP contribution is 2.31. The van der Waals surface area contributed by atoms with Gasteiger partial charge in [0.05, 0.1) is 0 Å². The maximum absolute atomic E-state index is 5.70. The molecule has 3 nitrogen and oxygen atoms in total. The first-order valence-electron chi connectivity index (χ1n) is 7.11. The minimum Gasteiger partial charge on any atom is -0.445 e. The number of aryl methyl sites for hydroxylation is 2. The Morgan fingerprint density at radius 1 is 1.20 bits per heavy atom. The van der Waals surface area contributed by atoms with Crippen LogP contribution in [-0.2, 0) is 11.8 Å². The van der Waals surface area contributed by atoms with E-state index in [-0.39, 0.29) is 5.41 Å². The van der Waals surface area contributed by atoms with Gasteiger partial charge < -0.3 is 10.2 Å². The molecule has 0 aliphatic heterocycles. The first kappa shape index (κ1) is 14.8. The molecular formula is C17H24N2O. The van der Waals surface area contributed by atoms with Crippen molar-refractivity contribution in [1.29, 1.82) is 0 Å². The number of benzene rings is 1. The van der Waals surface area contributed by atoms with E-state index in [2.05, 4.69) is 50.9 Å². The summed E-state index contributed by atoms with van der Waals surface area (Å²) in [6.07, 6.45) is 0.679. The van der Waals surface area contributed by atoms with Gasteiger partial charge in [-0.3, -0.25) is 0 Å². The third kappa shape index (κ3) is 2.93. The molecule has 0 atom stereocenters. The van der Waals surface area contributed by atoms with Gasteiger partial charge in [-0.15, -0.1) is 0 Å². The first-order chi connectivity index (χ1) is 9.32. The van der Waals surface area contributed by atoms with Gasteiger partial charge in [0.2, 0.25) is 0 Å². The number of nitrogens with zero attached hydrogens (tertiary/aromatic N) is 1. The summed E-state index contributed by atoms with van der Waals surface area (Å²) in [5.41, 5.74) is 10.3. The van der Waals surface area contributed by atoms with Crippen LogP contribution in [0.15, 0.2) is 22.6 Å². The summed E-state index contributed by atoms with van der Waals surface area (Å²) in [5, 5.41) is 0. The van der Waals surface area contributed by atoms with Crippen LogP contribution in [-0.4, -0.2) is 11.5 Å². The lowest BCUT2D eigenvalue weighted by Crippen LogP contribution is -2.11. The lowest BCUT2D eigenvalue weighted by Gasteiger charge is -2.20. The summed E-state index contributed by atoms with van der Waals surface area (Å²) in [6.45, 7) is 11.3. The number of nitrogens with two attached hydrogens (primary N) is 1. The number of aromatic nitrogens is 1. The van der Waals surface area contributed by atoms with E-state index in [0.717, 1.165) is 22.9 Å². The summed E-state index contributed by atoms with van der Waals surface area (Å²) < 4.78 is 5.70. The average molecular weight is 272 g/mol. The van der Waals surface area contributed by atoms with E-state index in [0.29, 0.717) is 13.0 Å². The van der Waals surface area contributed by atoms with Crippen LogP contribution in [0.5, 0.6) is 0 Å². The Labute approximate surface area is 121 Å². The molecule has 0 amide bonds. The largest absolute Gasteiger partial charge is 0.445 e. The number of oxazole rings is 1. The van der Waals surface area contributed by atoms with Crippen LogP contribution in [0, 0.1) is 13.8 Å². The molecule has 0 bridgehead atoms. The molecule has 0 saturated heterocycles. The highest BCUT2D eigenvalue weighted by Gasteiger charge is 2.18. The molecule has 0 aliphatic rings. The standard InChI is InChI=1S/C17H24N2O/c1-11-6-7-13(17(3,4)5)10-14(11)16-12(2)20-15(19-16)8-9-18/h6-7,10H,8-9,18H2,1-5H3. The van der Waals surface area contributed by atoms with E-state index in [9.17, 15) is 0 Å². The second kappa shape index (κ2) is 5.41. The Hall–Kier alpha value is -1.61. The van der Waals surface area contributed by atoms with Crippen molar-refractivity contribution >= 4 is 0 Å². The average Bonchev–Trinajstić information content (AvgIpc) is 2.70. The predicted octanol–water partition coefficient (Wildman–Crippen LogP) is 3.76. The molecule has 0 unspecified atom stereocenters. The van der Waals surface area contributed by atoms with Gasteiger partial charge in [-0.25, -0.2) is 4.98 Å².